The Balaban J connectivity index is 1.74. The second-order valence-corrected chi connectivity index (χ2v) is 8.56. The van der Waals surface area contributed by atoms with Gasteiger partial charge in [0.2, 0.25) is 0 Å². The Morgan fingerprint density at radius 3 is 2.60 bits per heavy atom. The molecule has 134 valence electrons. The minimum Gasteiger partial charge on any atom is -0.314 e. The molecule has 0 radical (unpaired) electrons. The number of rotatable bonds is 6. The Bertz CT molecular complexity index is 835. The van der Waals surface area contributed by atoms with Gasteiger partial charge in [-0.2, -0.15) is 0 Å². The highest BCUT2D eigenvalue weighted by atomic mass is 35.5. The van der Waals surface area contributed by atoms with Crippen LogP contribution >= 0.6 is 11.6 Å². The van der Waals surface area contributed by atoms with Gasteiger partial charge in [-0.1, -0.05) is 24.6 Å². The molecule has 4 nitrogen and oxygen atoms in total. The summed E-state index contributed by atoms with van der Waals surface area (Å²) in [6.45, 7) is 3.21. The summed E-state index contributed by atoms with van der Waals surface area (Å²) in [5.41, 5.74) is 3.13. The number of anilines is 1. The first-order chi connectivity index (χ1) is 12.0. The molecule has 0 amide bonds. The highest BCUT2D eigenvalue weighted by molar-refractivity contribution is 7.92. The fourth-order valence-electron chi connectivity index (χ4n) is 3.17. The van der Waals surface area contributed by atoms with Crippen molar-refractivity contribution in [2.45, 2.75) is 43.5 Å². The molecule has 2 N–H and O–H groups in total. The van der Waals surface area contributed by atoms with Crippen molar-refractivity contribution in [3.05, 3.63) is 58.6 Å². The number of nitrogens with one attached hydrogen (secondary N) is 2. The van der Waals surface area contributed by atoms with Gasteiger partial charge in [0.1, 0.15) is 0 Å². The van der Waals surface area contributed by atoms with E-state index in [1.807, 2.05) is 18.2 Å². The summed E-state index contributed by atoms with van der Waals surface area (Å²) in [5, 5.41) is 4.08. The van der Waals surface area contributed by atoms with Crippen LogP contribution in [0, 0.1) is 0 Å². The van der Waals surface area contributed by atoms with Gasteiger partial charge < -0.3 is 5.32 Å². The van der Waals surface area contributed by atoms with E-state index < -0.39 is 10.0 Å². The summed E-state index contributed by atoms with van der Waals surface area (Å²) in [5.74, 6) is 0. The SMILES string of the molecule is CCCNC1CCc2cc(NS(=O)(=O)c3ccc(Cl)cc3)ccc2C1. The standard InChI is InChI=1S/C19H23ClN2O2S/c1-2-11-21-17-7-3-15-13-18(8-4-14(15)12-17)22-25(23,24)19-9-5-16(20)6-10-19/h4-6,8-10,13,17,21-22H,2-3,7,11-12H2,1H3. The molecule has 0 saturated heterocycles. The second-order valence-electron chi connectivity index (χ2n) is 6.44. The maximum Gasteiger partial charge on any atom is 0.261 e. The lowest BCUT2D eigenvalue weighted by Crippen LogP contribution is -2.35. The Hall–Kier alpha value is -1.56. The van der Waals surface area contributed by atoms with Crippen molar-refractivity contribution in [1.29, 1.82) is 0 Å². The first kappa shape index (κ1) is 18.2. The van der Waals surface area contributed by atoms with Gasteiger partial charge in [-0.05, 0) is 79.8 Å². The fraction of sp³-hybridized carbons (Fsp3) is 0.368. The van der Waals surface area contributed by atoms with E-state index in [1.165, 1.54) is 23.3 Å². The molecule has 3 rings (SSSR count). The van der Waals surface area contributed by atoms with Crippen molar-refractivity contribution < 1.29 is 8.42 Å². The summed E-state index contributed by atoms with van der Waals surface area (Å²) in [6.07, 6.45) is 4.18. The highest BCUT2D eigenvalue weighted by Gasteiger charge is 2.20. The van der Waals surface area contributed by atoms with Crippen LogP contribution in [0.2, 0.25) is 5.02 Å². The molecule has 1 atom stereocenters. The van der Waals surface area contributed by atoms with Crippen LogP contribution in [0.4, 0.5) is 5.69 Å². The number of halogens is 1. The first-order valence-electron chi connectivity index (χ1n) is 8.61. The molecular formula is C19H23ClN2O2S. The zero-order valence-corrected chi connectivity index (χ0v) is 15.8. The van der Waals surface area contributed by atoms with E-state index in [2.05, 4.69) is 17.0 Å². The molecule has 1 aliphatic rings. The summed E-state index contributed by atoms with van der Waals surface area (Å²) in [7, 11) is -3.60. The summed E-state index contributed by atoms with van der Waals surface area (Å²) in [6, 6.07) is 12.5. The predicted molar refractivity (Wildman–Crippen MR) is 103 cm³/mol. The number of fused-ring (bicyclic) bond motifs is 1. The largest absolute Gasteiger partial charge is 0.314 e. The lowest BCUT2D eigenvalue weighted by atomic mass is 9.88. The second kappa shape index (κ2) is 7.77. The van der Waals surface area contributed by atoms with Gasteiger partial charge in [-0.15, -0.1) is 0 Å². The van der Waals surface area contributed by atoms with Crippen molar-refractivity contribution in [2.75, 3.05) is 11.3 Å². The third kappa shape index (κ3) is 4.54. The maximum absolute atomic E-state index is 12.5. The number of hydrogen-bond acceptors (Lipinski definition) is 3. The van der Waals surface area contributed by atoms with Crippen LogP contribution in [-0.2, 0) is 22.9 Å². The lowest BCUT2D eigenvalue weighted by Gasteiger charge is -2.26. The van der Waals surface area contributed by atoms with Crippen LogP contribution in [0.3, 0.4) is 0 Å². The van der Waals surface area contributed by atoms with E-state index >= 15 is 0 Å². The smallest absolute Gasteiger partial charge is 0.261 e. The molecule has 0 heterocycles. The molecular weight excluding hydrogens is 356 g/mol. The molecule has 0 saturated carbocycles. The van der Waals surface area contributed by atoms with Gasteiger partial charge in [0, 0.05) is 16.8 Å². The van der Waals surface area contributed by atoms with E-state index in [1.54, 1.807) is 12.1 Å². The molecule has 2 aromatic rings. The number of sulfonamides is 1. The van der Waals surface area contributed by atoms with Crippen molar-refractivity contribution in [3.63, 3.8) is 0 Å². The number of aryl methyl sites for hydroxylation is 1. The van der Waals surface area contributed by atoms with E-state index in [-0.39, 0.29) is 4.90 Å². The molecule has 0 bridgehead atoms. The molecule has 6 heteroatoms. The van der Waals surface area contributed by atoms with Gasteiger partial charge in [0.15, 0.2) is 0 Å². The summed E-state index contributed by atoms with van der Waals surface area (Å²) >= 11 is 5.82. The first-order valence-corrected chi connectivity index (χ1v) is 10.5. The normalized spacial score (nSPS) is 17.1. The van der Waals surface area contributed by atoms with Gasteiger partial charge in [-0.25, -0.2) is 8.42 Å². The van der Waals surface area contributed by atoms with Crippen molar-refractivity contribution in [2.24, 2.45) is 0 Å². The Morgan fingerprint density at radius 1 is 1.12 bits per heavy atom. The average molecular weight is 379 g/mol. The summed E-state index contributed by atoms with van der Waals surface area (Å²) < 4.78 is 27.6. The molecule has 0 aliphatic heterocycles. The van der Waals surface area contributed by atoms with Crippen LogP contribution < -0.4 is 10.0 Å². The van der Waals surface area contributed by atoms with E-state index in [0.717, 1.165) is 32.2 Å². The van der Waals surface area contributed by atoms with Crippen LogP contribution in [-0.4, -0.2) is 21.0 Å². The van der Waals surface area contributed by atoms with Crippen molar-refractivity contribution in [1.82, 2.24) is 5.32 Å². The monoisotopic (exact) mass is 378 g/mol. The number of hydrogen-bond donors (Lipinski definition) is 2. The highest BCUT2D eigenvalue weighted by Crippen LogP contribution is 2.26. The molecule has 25 heavy (non-hydrogen) atoms. The minimum absolute atomic E-state index is 0.207. The van der Waals surface area contributed by atoms with Gasteiger partial charge in [0.25, 0.3) is 10.0 Å². The van der Waals surface area contributed by atoms with Crippen LogP contribution in [0.5, 0.6) is 0 Å². The van der Waals surface area contributed by atoms with Crippen LogP contribution in [0.15, 0.2) is 47.4 Å². The zero-order valence-electron chi connectivity index (χ0n) is 14.3. The van der Waals surface area contributed by atoms with Crippen molar-refractivity contribution in [3.8, 4) is 0 Å². The molecule has 0 spiro atoms. The van der Waals surface area contributed by atoms with Gasteiger partial charge in [-0.3, -0.25) is 4.72 Å². The topological polar surface area (TPSA) is 58.2 Å². The van der Waals surface area contributed by atoms with E-state index in [9.17, 15) is 8.42 Å². The molecule has 1 unspecified atom stereocenters. The van der Waals surface area contributed by atoms with E-state index in [4.69, 9.17) is 11.6 Å². The fourth-order valence-corrected chi connectivity index (χ4v) is 4.34. The average Bonchev–Trinajstić information content (AvgIpc) is 2.60. The predicted octanol–water partition coefficient (Wildman–Crippen LogP) is 4.00. The molecule has 0 aromatic heterocycles. The Labute approximate surface area is 154 Å². The maximum atomic E-state index is 12.5. The summed E-state index contributed by atoms with van der Waals surface area (Å²) in [4.78, 5) is 0.207. The quantitative estimate of drug-likeness (QED) is 0.798. The lowest BCUT2D eigenvalue weighted by molar-refractivity contribution is 0.459. The molecule has 0 fully saturated rings. The Kier molecular flexibility index (Phi) is 5.67. The molecule has 1 aliphatic carbocycles. The Morgan fingerprint density at radius 2 is 1.88 bits per heavy atom. The van der Waals surface area contributed by atoms with Gasteiger partial charge in [0.05, 0.1) is 4.90 Å². The van der Waals surface area contributed by atoms with Gasteiger partial charge >= 0.3 is 0 Å². The minimum atomic E-state index is -3.60. The van der Waals surface area contributed by atoms with Crippen molar-refractivity contribution >= 4 is 27.3 Å². The van der Waals surface area contributed by atoms with Crippen LogP contribution in [0.25, 0.3) is 0 Å². The number of benzene rings is 2. The van der Waals surface area contributed by atoms with E-state index in [0.29, 0.717) is 16.8 Å². The zero-order chi connectivity index (χ0) is 17.9. The molecule has 2 aromatic carbocycles. The third-order valence-electron chi connectivity index (χ3n) is 4.49. The van der Waals surface area contributed by atoms with Crippen LogP contribution in [0.1, 0.15) is 30.9 Å². The third-order valence-corrected chi connectivity index (χ3v) is 6.14.